The standard InChI is InChI=1S/C46H53N7O6/c1-28-24-30(26-47)6-14-37(28)59-44-45(2,3)43(46(44,4)5)49-39(55)31-7-9-32(10-8-31)51-18-16-29(17-19-51)27-50-20-22-52(23-21-50)33-11-12-34-35(25-33)42(58)53(41(34)57)36-13-15-38(54)48-40(36)56/h6-12,14,24-25,29,36,43-44H,13,15-23,27H2,1-5H3,(H,49,55)(H,48,54,56). The van der Waals surface area contributed by atoms with Gasteiger partial charge in [0.1, 0.15) is 17.9 Å². The average Bonchev–Trinajstić information content (AvgIpc) is 3.47. The third-order valence-electron chi connectivity index (χ3n) is 13.5. The maximum atomic E-state index is 13.5. The van der Waals surface area contributed by atoms with Crippen molar-refractivity contribution < 1.29 is 28.7 Å². The van der Waals surface area contributed by atoms with Crippen LogP contribution in [-0.2, 0) is 9.59 Å². The highest BCUT2D eigenvalue weighted by Gasteiger charge is 2.64. The third-order valence-corrected chi connectivity index (χ3v) is 13.5. The van der Waals surface area contributed by atoms with Crippen molar-refractivity contribution in [2.75, 3.05) is 55.6 Å². The lowest BCUT2D eigenvalue weighted by atomic mass is 9.49. The minimum absolute atomic E-state index is 0.0919. The van der Waals surface area contributed by atoms with E-state index in [1.54, 1.807) is 18.2 Å². The summed E-state index contributed by atoms with van der Waals surface area (Å²) < 4.78 is 6.52. The average molecular weight is 800 g/mol. The van der Waals surface area contributed by atoms with E-state index < -0.39 is 29.7 Å². The zero-order chi connectivity index (χ0) is 41.8. The van der Waals surface area contributed by atoms with Crippen molar-refractivity contribution in [3.05, 3.63) is 88.5 Å². The lowest BCUT2D eigenvalue weighted by Crippen LogP contribution is -2.74. The smallest absolute Gasteiger partial charge is 0.262 e. The lowest BCUT2D eigenvalue weighted by molar-refractivity contribution is -0.164. The minimum Gasteiger partial charge on any atom is -0.489 e. The normalized spacial score (nSPS) is 24.3. The number of nitrogens with one attached hydrogen (secondary N) is 2. The summed E-state index contributed by atoms with van der Waals surface area (Å²) in [7, 11) is 0. The Morgan fingerprint density at radius 2 is 1.46 bits per heavy atom. The maximum Gasteiger partial charge on any atom is 0.262 e. The molecular weight excluding hydrogens is 747 g/mol. The largest absolute Gasteiger partial charge is 0.489 e. The van der Waals surface area contributed by atoms with Gasteiger partial charge in [0.05, 0.1) is 22.8 Å². The minimum atomic E-state index is -0.972. The highest BCUT2D eigenvalue weighted by atomic mass is 16.5. The molecule has 3 aromatic rings. The number of carbonyl (C=O) groups excluding carboxylic acids is 5. The molecule has 0 spiro atoms. The number of hydrogen-bond donors (Lipinski definition) is 2. The van der Waals surface area contributed by atoms with E-state index in [1.165, 1.54) is 0 Å². The lowest BCUT2D eigenvalue weighted by Gasteiger charge is -2.63. The van der Waals surface area contributed by atoms with Crippen molar-refractivity contribution >= 4 is 40.9 Å². The molecule has 0 radical (unpaired) electrons. The number of fused-ring (bicyclic) bond motifs is 1. The Kier molecular flexibility index (Phi) is 10.5. The topological polar surface area (TPSA) is 155 Å². The molecule has 5 aliphatic rings. The Bertz CT molecular complexity index is 2210. The quantitative estimate of drug-likeness (QED) is 0.285. The van der Waals surface area contributed by atoms with E-state index in [9.17, 15) is 29.2 Å². The number of benzene rings is 3. The van der Waals surface area contributed by atoms with E-state index in [-0.39, 0.29) is 41.7 Å². The molecule has 4 heterocycles. The number of nitrogens with zero attached hydrogens (tertiary/aromatic N) is 5. The van der Waals surface area contributed by atoms with Gasteiger partial charge in [0.2, 0.25) is 11.8 Å². The van der Waals surface area contributed by atoms with Crippen LogP contribution in [0.5, 0.6) is 5.75 Å². The second-order valence-electron chi connectivity index (χ2n) is 18.1. The number of piperidine rings is 2. The zero-order valence-corrected chi connectivity index (χ0v) is 34.5. The fourth-order valence-electron chi connectivity index (χ4n) is 10.4. The molecule has 0 bridgehead atoms. The maximum absolute atomic E-state index is 13.5. The van der Waals surface area contributed by atoms with Gasteiger partial charge in [0.25, 0.3) is 17.7 Å². The van der Waals surface area contributed by atoms with Crippen LogP contribution in [-0.4, -0.2) is 103 Å². The predicted molar refractivity (Wildman–Crippen MR) is 222 cm³/mol. The number of hydrogen-bond acceptors (Lipinski definition) is 10. The van der Waals surface area contributed by atoms with Gasteiger partial charge in [-0.25, -0.2) is 0 Å². The van der Waals surface area contributed by atoms with Gasteiger partial charge >= 0.3 is 0 Å². The van der Waals surface area contributed by atoms with E-state index >= 15 is 0 Å². The Morgan fingerprint density at radius 1 is 0.814 bits per heavy atom. The molecule has 1 unspecified atom stereocenters. The number of amides is 5. The van der Waals surface area contributed by atoms with Crippen LogP contribution in [0.3, 0.4) is 0 Å². The molecule has 13 heteroatoms. The molecule has 0 aromatic heterocycles. The second-order valence-corrected chi connectivity index (χ2v) is 18.1. The number of imide groups is 2. The van der Waals surface area contributed by atoms with Gasteiger partial charge in [0, 0.05) is 86.0 Å². The molecular formula is C46H53N7O6. The SMILES string of the molecule is Cc1cc(C#N)ccc1OC1C(C)(C)C(NC(=O)c2ccc(N3CCC(CN4CCN(c5ccc6c(c5)C(=O)N(C5CCC(=O)NC5=O)C6=O)CC4)CC3)cc2)C1(C)C. The summed E-state index contributed by atoms with van der Waals surface area (Å²) >= 11 is 0. The Labute approximate surface area is 345 Å². The van der Waals surface area contributed by atoms with Crippen LogP contribution in [0.4, 0.5) is 11.4 Å². The van der Waals surface area contributed by atoms with E-state index in [1.807, 2.05) is 37.3 Å². The van der Waals surface area contributed by atoms with Gasteiger partial charge in [-0.15, -0.1) is 0 Å². The molecule has 3 saturated heterocycles. The summed E-state index contributed by atoms with van der Waals surface area (Å²) in [5.74, 6) is -0.711. The van der Waals surface area contributed by atoms with Crippen LogP contribution < -0.4 is 25.2 Å². The van der Waals surface area contributed by atoms with Gasteiger partial charge < -0.3 is 19.9 Å². The summed E-state index contributed by atoms with van der Waals surface area (Å²) in [5.41, 5.74) is 4.15. The highest BCUT2D eigenvalue weighted by Crippen LogP contribution is 2.55. The fraction of sp³-hybridized carbons (Fsp3) is 0.478. The summed E-state index contributed by atoms with van der Waals surface area (Å²) in [6.45, 7) is 16.8. The van der Waals surface area contributed by atoms with E-state index in [2.05, 4.69) is 71.2 Å². The molecule has 308 valence electrons. The van der Waals surface area contributed by atoms with Crippen molar-refractivity contribution in [1.82, 2.24) is 20.4 Å². The monoisotopic (exact) mass is 799 g/mol. The summed E-state index contributed by atoms with van der Waals surface area (Å²) in [4.78, 5) is 72.3. The van der Waals surface area contributed by atoms with Crippen LogP contribution in [0.1, 0.15) is 95.6 Å². The Morgan fingerprint density at radius 3 is 2.10 bits per heavy atom. The van der Waals surface area contributed by atoms with Gasteiger partial charge in [0.15, 0.2) is 0 Å². The molecule has 59 heavy (non-hydrogen) atoms. The van der Waals surface area contributed by atoms with Crippen molar-refractivity contribution in [2.24, 2.45) is 16.7 Å². The summed E-state index contributed by atoms with van der Waals surface area (Å²) in [6, 6.07) is 19.9. The van der Waals surface area contributed by atoms with Crippen molar-refractivity contribution in [3.63, 3.8) is 0 Å². The number of piperazine rings is 1. The Balaban J connectivity index is 0.791. The number of aryl methyl sites for hydroxylation is 1. The van der Waals surface area contributed by atoms with Crippen LogP contribution in [0.15, 0.2) is 60.7 Å². The van der Waals surface area contributed by atoms with E-state index in [0.717, 1.165) is 86.2 Å². The van der Waals surface area contributed by atoms with E-state index in [4.69, 9.17) is 4.74 Å². The summed E-state index contributed by atoms with van der Waals surface area (Å²) in [5, 5.41) is 14.8. The van der Waals surface area contributed by atoms with Gasteiger partial charge in [-0.05, 0) is 98.3 Å². The first-order valence-corrected chi connectivity index (χ1v) is 20.8. The molecule has 2 N–H and O–H groups in total. The molecule has 3 aromatic carbocycles. The van der Waals surface area contributed by atoms with Crippen molar-refractivity contribution in [2.45, 2.75) is 78.5 Å². The predicted octanol–water partition coefficient (Wildman–Crippen LogP) is 4.92. The highest BCUT2D eigenvalue weighted by molar-refractivity contribution is 6.23. The Hall–Kier alpha value is -5.74. The number of carbonyl (C=O) groups is 5. The molecule has 1 aliphatic carbocycles. The number of rotatable bonds is 9. The fourth-order valence-corrected chi connectivity index (χ4v) is 10.4. The van der Waals surface area contributed by atoms with Crippen LogP contribution in [0.2, 0.25) is 0 Å². The van der Waals surface area contributed by atoms with Crippen LogP contribution in [0.25, 0.3) is 0 Å². The van der Waals surface area contributed by atoms with Crippen LogP contribution >= 0.6 is 0 Å². The molecule has 1 saturated carbocycles. The first kappa shape index (κ1) is 40.1. The first-order chi connectivity index (χ1) is 28.1. The molecule has 8 rings (SSSR count). The van der Waals surface area contributed by atoms with Crippen molar-refractivity contribution in [1.29, 1.82) is 5.26 Å². The first-order valence-electron chi connectivity index (χ1n) is 20.8. The number of anilines is 2. The third kappa shape index (κ3) is 7.43. The van der Waals surface area contributed by atoms with Gasteiger partial charge in [-0.2, -0.15) is 5.26 Å². The summed E-state index contributed by atoms with van der Waals surface area (Å²) in [6.07, 6.45) is 2.28. The second kappa shape index (κ2) is 15.5. The molecule has 13 nitrogen and oxygen atoms in total. The van der Waals surface area contributed by atoms with E-state index in [0.29, 0.717) is 28.2 Å². The van der Waals surface area contributed by atoms with Gasteiger partial charge in [-0.3, -0.25) is 39.1 Å². The molecule has 4 fully saturated rings. The molecule has 1 atom stereocenters. The van der Waals surface area contributed by atoms with Gasteiger partial charge in [-0.1, -0.05) is 27.7 Å². The molecule has 4 aliphatic heterocycles. The number of ether oxygens (including phenoxy) is 1. The molecule has 5 amide bonds. The van der Waals surface area contributed by atoms with Crippen LogP contribution in [0, 0.1) is 35.0 Å². The number of nitriles is 1. The zero-order valence-electron chi connectivity index (χ0n) is 34.5. The van der Waals surface area contributed by atoms with Crippen molar-refractivity contribution in [3.8, 4) is 11.8 Å².